The summed E-state index contributed by atoms with van der Waals surface area (Å²) < 4.78 is 4.76. The van der Waals surface area contributed by atoms with E-state index in [-0.39, 0.29) is 11.3 Å². The van der Waals surface area contributed by atoms with Crippen molar-refractivity contribution in [2.24, 2.45) is 0 Å². The van der Waals surface area contributed by atoms with Gasteiger partial charge in [-0.2, -0.15) is 0 Å². The maximum atomic E-state index is 12.0. The van der Waals surface area contributed by atoms with Crippen molar-refractivity contribution in [3.05, 3.63) is 69.3 Å². The SMILES string of the molecule is CCN(CC)Cc1ccccc1CNc1ccc([N+](=O)[O-])cc1C(=O)OC. The van der Waals surface area contributed by atoms with E-state index in [4.69, 9.17) is 4.74 Å². The first-order valence-electron chi connectivity index (χ1n) is 8.89. The smallest absolute Gasteiger partial charge is 0.340 e. The van der Waals surface area contributed by atoms with E-state index < -0.39 is 10.9 Å². The summed E-state index contributed by atoms with van der Waals surface area (Å²) in [6.45, 7) is 7.53. The Hall–Kier alpha value is -2.93. The van der Waals surface area contributed by atoms with Crippen LogP contribution < -0.4 is 5.32 Å². The molecule has 2 aromatic carbocycles. The summed E-state index contributed by atoms with van der Waals surface area (Å²) in [5, 5.41) is 14.2. The number of non-ortho nitro benzene ring substituents is 1. The Morgan fingerprint density at radius 1 is 1.15 bits per heavy atom. The van der Waals surface area contributed by atoms with E-state index in [1.54, 1.807) is 0 Å². The minimum absolute atomic E-state index is 0.146. The van der Waals surface area contributed by atoms with Gasteiger partial charge in [-0.3, -0.25) is 15.0 Å². The third-order valence-electron chi connectivity index (χ3n) is 4.50. The molecule has 2 aromatic rings. The predicted octanol–water partition coefficient (Wildman–Crippen LogP) is 3.84. The summed E-state index contributed by atoms with van der Waals surface area (Å²) in [5.74, 6) is -0.613. The van der Waals surface area contributed by atoms with Gasteiger partial charge in [0.05, 0.1) is 17.6 Å². The van der Waals surface area contributed by atoms with E-state index in [1.807, 2.05) is 18.2 Å². The molecular weight excluding hydrogens is 346 g/mol. The maximum Gasteiger partial charge on any atom is 0.340 e. The van der Waals surface area contributed by atoms with Gasteiger partial charge < -0.3 is 10.1 Å². The highest BCUT2D eigenvalue weighted by Crippen LogP contribution is 2.24. The molecule has 0 bridgehead atoms. The quantitative estimate of drug-likeness (QED) is 0.410. The Morgan fingerprint density at radius 3 is 2.41 bits per heavy atom. The Morgan fingerprint density at radius 2 is 1.81 bits per heavy atom. The third kappa shape index (κ3) is 5.27. The summed E-state index contributed by atoms with van der Waals surface area (Å²) in [6, 6.07) is 12.2. The van der Waals surface area contributed by atoms with Gasteiger partial charge in [-0.1, -0.05) is 38.1 Å². The molecule has 2 rings (SSSR count). The number of carbonyl (C=O) groups is 1. The molecule has 0 aliphatic heterocycles. The topological polar surface area (TPSA) is 84.7 Å². The minimum atomic E-state index is -0.613. The summed E-state index contributed by atoms with van der Waals surface area (Å²) in [6.07, 6.45) is 0. The van der Waals surface area contributed by atoms with Crippen LogP contribution in [0.3, 0.4) is 0 Å². The molecule has 0 unspecified atom stereocenters. The lowest BCUT2D eigenvalue weighted by atomic mass is 10.1. The van der Waals surface area contributed by atoms with Crippen LogP contribution in [0.2, 0.25) is 0 Å². The molecule has 0 aliphatic rings. The van der Waals surface area contributed by atoms with Crippen molar-refractivity contribution in [1.82, 2.24) is 4.90 Å². The largest absolute Gasteiger partial charge is 0.465 e. The lowest BCUT2D eigenvalue weighted by molar-refractivity contribution is -0.384. The van der Waals surface area contributed by atoms with Crippen LogP contribution in [0.1, 0.15) is 35.3 Å². The number of ether oxygens (including phenoxy) is 1. The third-order valence-corrected chi connectivity index (χ3v) is 4.50. The number of nitro benzene ring substituents is 1. The van der Waals surface area contributed by atoms with Crippen molar-refractivity contribution in [2.75, 3.05) is 25.5 Å². The molecule has 27 heavy (non-hydrogen) atoms. The fraction of sp³-hybridized carbons (Fsp3) is 0.350. The van der Waals surface area contributed by atoms with Gasteiger partial charge >= 0.3 is 5.97 Å². The number of nitrogens with zero attached hydrogens (tertiary/aromatic N) is 2. The summed E-state index contributed by atoms with van der Waals surface area (Å²) in [5.41, 5.74) is 2.81. The molecule has 0 radical (unpaired) electrons. The molecule has 0 saturated carbocycles. The zero-order valence-corrected chi connectivity index (χ0v) is 15.9. The number of nitro groups is 1. The fourth-order valence-electron chi connectivity index (χ4n) is 2.84. The zero-order chi connectivity index (χ0) is 19.8. The van der Waals surface area contributed by atoms with E-state index in [0.29, 0.717) is 12.2 Å². The number of nitrogens with one attached hydrogen (secondary N) is 1. The monoisotopic (exact) mass is 371 g/mol. The highest BCUT2D eigenvalue weighted by molar-refractivity contribution is 5.96. The lowest BCUT2D eigenvalue weighted by Gasteiger charge is -2.20. The first-order valence-corrected chi connectivity index (χ1v) is 8.89. The molecule has 0 fully saturated rings. The van der Waals surface area contributed by atoms with E-state index >= 15 is 0 Å². The summed E-state index contributed by atoms with van der Waals surface area (Å²) in [4.78, 5) is 24.8. The lowest BCUT2D eigenvalue weighted by Crippen LogP contribution is -2.23. The predicted molar refractivity (Wildman–Crippen MR) is 105 cm³/mol. The number of methoxy groups -OCH3 is 1. The zero-order valence-electron chi connectivity index (χ0n) is 15.9. The Labute approximate surface area is 159 Å². The Balaban J connectivity index is 2.24. The first kappa shape index (κ1) is 20.4. The summed E-state index contributed by atoms with van der Waals surface area (Å²) >= 11 is 0. The van der Waals surface area contributed by atoms with E-state index in [1.165, 1.54) is 30.9 Å². The molecule has 0 atom stereocenters. The molecule has 1 N–H and O–H groups in total. The van der Waals surface area contributed by atoms with Crippen molar-refractivity contribution >= 4 is 17.3 Å². The number of carbonyl (C=O) groups excluding carboxylic acids is 1. The Kier molecular flexibility index (Phi) is 7.31. The minimum Gasteiger partial charge on any atom is -0.465 e. The second-order valence-electron chi connectivity index (χ2n) is 6.06. The van der Waals surface area contributed by atoms with Crippen molar-refractivity contribution in [2.45, 2.75) is 26.9 Å². The normalized spacial score (nSPS) is 10.7. The second kappa shape index (κ2) is 9.68. The molecule has 0 aliphatic carbocycles. The van der Waals surface area contributed by atoms with E-state index in [9.17, 15) is 14.9 Å². The van der Waals surface area contributed by atoms with Gasteiger partial charge in [-0.25, -0.2) is 4.79 Å². The Bertz CT molecular complexity index is 804. The highest BCUT2D eigenvalue weighted by Gasteiger charge is 2.17. The number of hydrogen-bond acceptors (Lipinski definition) is 6. The number of rotatable bonds is 9. The molecule has 0 heterocycles. The van der Waals surface area contributed by atoms with Crippen molar-refractivity contribution < 1.29 is 14.5 Å². The van der Waals surface area contributed by atoms with Gasteiger partial charge in [0.2, 0.25) is 0 Å². The number of hydrogen-bond donors (Lipinski definition) is 1. The van der Waals surface area contributed by atoms with Crippen LogP contribution in [0.5, 0.6) is 0 Å². The van der Waals surface area contributed by atoms with Crippen LogP contribution in [0.4, 0.5) is 11.4 Å². The molecule has 0 amide bonds. The molecule has 0 spiro atoms. The second-order valence-corrected chi connectivity index (χ2v) is 6.06. The van der Waals surface area contributed by atoms with Gasteiger partial charge in [0.15, 0.2) is 0 Å². The van der Waals surface area contributed by atoms with Crippen LogP contribution in [0.15, 0.2) is 42.5 Å². The van der Waals surface area contributed by atoms with Crippen molar-refractivity contribution in [1.29, 1.82) is 0 Å². The van der Waals surface area contributed by atoms with Crippen LogP contribution in [-0.2, 0) is 17.8 Å². The molecule has 144 valence electrons. The van der Waals surface area contributed by atoms with Gasteiger partial charge in [0.1, 0.15) is 0 Å². The maximum absolute atomic E-state index is 12.0. The van der Waals surface area contributed by atoms with Crippen LogP contribution >= 0.6 is 0 Å². The van der Waals surface area contributed by atoms with Crippen LogP contribution in [-0.4, -0.2) is 36.0 Å². The van der Waals surface area contributed by atoms with Gasteiger partial charge in [-0.05, 0) is 30.3 Å². The molecular formula is C20H25N3O4. The average Bonchev–Trinajstić information content (AvgIpc) is 2.70. The van der Waals surface area contributed by atoms with E-state index in [2.05, 4.69) is 30.1 Å². The molecule has 7 heteroatoms. The molecule has 0 saturated heterocycles. The molecule has 0 aromatic heterocycles. The number of anilines is 1. The summed E-state index contributed by atoms with van der Waals surface area (Å²) in [7, 11) is 1.25. The van der Waals surface area contributed by atoms with E-state index in [0.717, 1.165) is 25.2 Å². The van der Waals surface area contributed by atoms with Crippen molar-refractivity contribution in [3.8, 4) is 0 Å². The highest BCUT2D eigenvalue weighted by atomic mass is 16.6. The number of benzene rings is 2. The van der Waals surface area contributed by atoms with Crippen LogP contribution in [0, 0.1) is 10.1 Å². The number of esters is 1. The van der Waals surface area contributed by atoms with Gasteiger partial charge in [0.25, 0.3) is 5.69 Å². The van der Waals surface area contributed by atoms with Crippen LogP contribution in [0.25, 0.3) is 0 Å². The van der Waals surface area contributed by atoms with Crippen molar-refractivity contribution in [3.63, 3.8) is 0 Å². The first-order chi connectivity index (χ1) is 13.0. The average molecular weight is 371 g/mol. The van der Waals surface area contributed by atoms with Gasteiger partial charge in [0, 0.05) is 30.9 Å². The molecule has 7 nitrogen and oxygen atoms in total. The standard InChI is InChI=1S/C20H25N3O4/c1-4-22(5-2)14-16-9-7-6-8-15(16)13-21-19-11-10-17(23(25)26)12-18(19)20(24)27-3/h6-12,21H,4-5,13-14H2,1-3H3. The fourth-order valence-corrected chi connectivity index (χ4v) is 2.84. The van der Waals surface area contributed by atoms with Gasteiger partial charge in [-0.15, -0.1) is 0 Å².